The molecule has 1 aromatic rings. The normalized spacial score (nSPS) is 13.2. The van der Waals surface area contributed by atoms with Crippen molar-refractivity contribution >= 4 is 5.91 Å². The van der Waals surface area contributed by atoms with Crippen LogP contribution >= 0.6 is 0 Å². The molecule has 1 aromatic carbocycles. The maximum atomic E-state index is 12.9. The Morgan fingerprint density at radius 3 is 2.67 bits per heavy atom. The zero-order valence-corrected chi connectivity index (χ0v) is 11.0. The SMILES string of the molecule is CC(C)(C)C(O)CCNC(=O)c1cccc(F)c1. The molecule has 1 rings (SSSR count). The molecule has 0 aliphatic heterocycles. The van der Waals surface area contributed by atoms with Crippen LogP contribution in [-0.2, 0) is 0 Å². The van der Waals surface area contributed by atoms with Crippen molar-refractivity contribution in [3.05, 3.63) is 35.6 Å². The number of carbonyl (C=O) groups is 1. The zero-order chi connectivity index (χ0) is 13.8. The average molecular weight is 253 g/mol. The van der Waals surface area contributed by atoms with E-state index in [1.165, 1.54) is 18.2 Å². The lowest BCUT2D eigenvalue weighted by molar-refractivity contribution is 0.0551. The van der Waals surface area contributed by atoms with Crippen LogP contribution in [-0.4, -0.2) is 23.7 Å². The highest BCUT2D eigenvalue weighted by atomic mass is 19.1. The molecule has 1 amide bonds. The summed E-state index contributed by atoms with van der Waals surface area (Å²) >= 11 is 0. The Morgan fingerprint density at radius 1 is 1.44 bits per heavy atom. The van der Waals surface area contributed by atoms with Crippen molar-refractivity contribution < 1.29 is 14.3 Å². The maximum absolute atomic E-state index is 12.9. The minimum absolute atomic E-state index is 0.205. The molecule has 18 heavy (non-hydrogen) atoms. The molecule has 3 nitrogen and oxygen atoms in total. The molecule has 0 radical (unpaired) electrons. The van der Waals surface area contributed by atoms with Crippen molar-refractivity contribution in [3.8, 4) is 0 Å². The summed E-state index contributed by atoms with van der Waals surface area (Å²) in [7, 11) is 0. The van der Waals surface area contributed by atoms with E-state index in [-0.39, 0.29) is 11.3 Å². The van der Waals surface area contributed by atoms with Crippen LogP contribution in [0.3, 0.4) is 0 Å². The van der Waals surface area contributed by atoms with E-state index in [0.717, 1.165) is 0 Å². The molecule has 0 heterocycles. The Hall–Kier alpha value is -1.42. The van der Waals surface area contributed by atoms with Gasteiger partial charge in [-0.1, -0.05) is 26.8 Å². The molecule has 0 aliphatic carbocycles. The molecule has 0 saturated heterocycles. The predicted octanol–water partition coefficient (Wildman–Crippen LogP) is 2.35. The number of halogens is 1. The topological polar surface area (TPSA) is 49.3 Å². The number of hydrogen-bond acceptors (Lipinski definition) is 2. The Morgan fingerprint density at radius 2 is 2.11 bits per heavy atom. The minimum atomic E-state index is -0.481. The smallest absolute Gasteiger partial charge is 0.251 e. The number of nitrogens with one attached hydrogen (secondary N) is 1. The second-order valence-corrected chi connectivity index (χ2v) is 5.44. The van der Waals surface area contributed by atoms with Crippen LogP contribution in [0.15, 0.2) is 24.3 Å². The molecule has 0 bridgehead atoms. The molecule has 0 spiro atoms. The average Bonchev–Trinajstić information content (AvgIpc) is 2.27. The highest BCUT2D eigenvalue weighted by Gasteiger charge is 2.21. The number of amides is 1. The molecule has 1 atom stereocenters. The molecule has 1 unspecified atom stereocenters. The van der Waals surface area contributed by atoms with Crippen molar-refractivity contribution in [1.82, 2.24) is 5.32 Å². The fraction of sp³-hybridized carbons (Fsp3) is 0.500. The third kappa shape index (κ3) is 4.45. The largest absolute Gasteiger partial charge is 0.393 e. The van der Waals surface area contributed by atoms with Crippen molar-refractivity contribution in [3.63, 3.8) is 0 Å². The molecule has 0 fully saturated rings. The van der Waals surface area contributed by atoms with E-state index in [0.29, 0.717) is 18.5 Å². The van der Waals surface area contributed by atoms with Gasteiger partial charge >= 0.3 is 0 Å². The molecule has 4 heteroatoms. The lowest BCUT2D eigenvalue weighted by Crippen LogP contribution is -2.32. The molecule has 0 aliphatic rings. The number of benzene rings is 1. The maximum Gasteiger partial charge on any atom is 0.251 e. The van der Waals surface area contributed by atoms with E-state index >= 15 is 0 Å². The Balaban J connectivity index is 2.43. The number of carbonyl (C=O) groups excluding carboxylic acids is 1. The van der Waals surface area contributed by atoms with Gasteiger partial charge in [0.1, 0.15) is 5.82 Å². The van der Waals surface area contributed by atoms with Gasteiger partial charge in [-0.15, -0.1) is 0 Å². The lowest BCUT2D eigenvalue weighted by atomic mass is 9.87. The Labute approximate surface area is 107 Å². The van der Waals surface area contributed by atoms with Gasteiger partial charge in [0, 0.05) is 12.1 Å². The number of aliphatic hydroxyl groups excluding tert-OH is 1. The first-order valence-corrected chi connectivity index (χ1v) is 6.02. The van der Waals surface area contributed by atoms with Crippen molar-refractivity contribution in [1.29, 1.82) is 0 Å². The van der Waals surface area contributed by atoms with E-state index in [1.54, 1.807) is 6.07 Å². The van der Waals surface area contributed by atoms with Crippen LogP contribution < -0.4 is 5.32 Å². The quantitative estimate of drug-likeness (QED) is 0.865. The van der Waals surface area contributed by atoms with Gasteiger partial charge in [-0.25, -0.2) is 4.39 Å². The molecular formula is C14H20FNO2. The number of aliphatic hydroxyl groups is 1. The highest BCUT2D eigenvalue weighted by Crippen LogP contribution is 2.20. The number of rotatable bonds is 4. The summed E-state index contributed by atoms with van der Waals surface area (Å²) in [6.07, 6.45) is -0.00445. The van der Waals surface area contributed by atoms with Crippen molar-refractivity contribution in [2.75, 3.05) is 6.54 Å². The van der Waals surface area contributed by atoms with Crippen LogP contribution in [0.2, 0.25) is 0 Å². The summed E-state index contributed by atoms with van der Waals surface area (Å²) in [6.45, 7) is 6.18. The third-order valence-corrected chi connectivity index (χ3v) is 2.79. The van der Waals surface area contributed by atoms with E-state index in [1.807, 2.05) is 20.8 Å². The molecule has 100 valence electrons. The second-order valence-electron chi connectivity index (χ2n) is 5.44. The van der Waals surface area contributed by atoms with Crippen LogP contribution in [0.1, 0.15) is 37.6 Å². The molecular weight excluding hydrogens is 233 g/mol. The van der Waals surface area contributed by atoms with Crippen molar-refractivity contribution in [2.45, 2.75) is 33.3 Å². The summed E-state index contributed by atoms with van der Waals surface area (Å²) in [5.41, 5.74) is 0.0871. The first-order chi connectivity index (χ1) is 8.30. The first-order valence-electron chi connectivity index (χ1n) is 6.02. The van der Waals surface area contributed by atoms with Gasteiger partial charge < -0.3 is 10.4 Å². The van der Waals surface area contributed by atoms with Gasteiger partial charge in [0.25, 0.3) is 5.91 Å². The summed E-state index contributed by atoms with van der Waals surface area (Å²) in [6, 6.07) is 5.53. The molecule has 0 saturated carbocycles. The van der Waals surface area contributed by atoms with Gasteiger partial charge in [-0.2, -0.15) is 0 Å². The summed E-state index contributed by atoms with van der Waals surface area (Å²) in [5.74, 6) is -0.756. The Bertz CT molecular complexity index is 413. The van der Waals surface area contributed by atoms with Gasteiger partial charge in [-0.3, -0.25) is 4.79 Å². The zero-order valence-electron chi connectivity index (χ0n) is 11.0. The Kier molecular flexibility index (Phi) is 4.84. The lowest BCUT2D eigenvalue weighted by Gasteiger charge is -2.25. The van der Waals surface area contributed by atoms with Crippen LogP contribution in [0, 0.1) is 11.2 Å². The summed E-state index contributed by atoms with van der Waals surface area (Å²) in [4.78, 5) is 11.7. The van der Waals surface area contributed by atoms with Crippen molar-refractivity contribution in [2.24, 2.45) is 5.41 Å². The van der Waals surface area contributed by atoms with Gasteiger partial charge in [0.05, 0.1) is 6.10 Å². The van der Waals surface area contributed by atoms with E-state index in [9.17, 15) is 14.3 Å². The summed E-state index contributed by atoms with van der Waals surface area (Å²) in [5, 5.41) is 12.5. The highest BCUT2D eigenvalue weighted by molar-refractivity contribution is 5.94. The van der Waals surface area contributed by atoms with E-state index < -0.39 is 11.9 Å². The van der Waals surface area contributed by atoms with Crippen LogP contribution in [0.4, 0.5) is 4.39 Å². The van der Waals surface area contributed by atoms with Crippen LogP contribution in [0.25, 0.3) is 0 Å². The third-order valence-electron chi connectivity index (χ3n) is 2.79. The number of hydrogen-bond donors (Lipinski definition) is 2. The fourth-order valence-electron chi connectivity index (χ4n) is 1.49. The predicted molar refractivity (Wildman–Crippen MR) is 68.8 cm³/mol. The standard InChI is InChI=1S/C14H20FNO2/c1-14(2,3)12(17)7-8-16-13(18)10-5-4-6-11(15)9-10/h4-6,9,12,17H,7-8H2,1-3H3,(H,16,18). The van der Waals surface area contributed by atoms with Gasteiger partial charge in [0.15, 0.2) is 0 Å². The first kappa shape index (κ1) is 14.6. The van der Waals surface area contributed by atoms with E-state index in [2.05, 4.69) is 5.32 Å². The van der Waals surface area contributed by atoms with E-state index in [4.69, 9.17) is 0 Å². The molecule has 2 N–H and O–H groups in total. The fourth-order valence-corrected chi connectivity index (χ4v) is 1.49. The monoisotopic (exact) mass is 253 g/mol. The van der Waals surface area contributed by atoms with Gasteiger partial charge in [-0.05, 0) is 30.0 Å². The van der Waals surface area contributed by atoms with Crippen LogP contribution in [0.5, 0.6) is 0 Å². The summed E-state index contributed by atoms with van der Waals surface area (Å²) < 4.78 is 12.9. The molecule has 0 aromatic heterocycles. The van der Waals surface area contributed by atoms with Gasteiger partial charge in [0.2, 0.25) is 0 Å². The minimum Gasteiger partial charge on any atom is -0.393 e. The second kappa shape index (κ2) is 5.96.